The van der Waals surface area contributed by atoms with Gasteiger partial charge in [0.2, 0.25) is 0 Å². The Morgan fingerprint density at radius 3 is 2.45 bits per heavy atom. The number of aryl methyl sites for hydroxylation is 1. The van der Waals surface area contributed by atoms with Crippen molar-refractivity contribution in [2.75, 3.05) is 6.54 Å². The molecule has 0 amide bonds. The average Bonchev–Trinajstić information content (AvgIpc) is 2.93. The van der Waals surface area contributed by atoms with E-state index >= 15 is 0 Å². The molecule has 1 aromatic carbocycles. The number of hydrogen-bond acceptors (Lipinski definition) is 1. The third-order valence-corrected chi connectivity index (χ3v) is 5.47. The first kappa shape index (κ1) is 15.6. The SMILES string of the molecule is CCCNC(c1cccc(C)c1C)C1(CC)CCCC1. The lowest BCUT2D eigenvalue weighted by molar-refractivity contribution is 0.186. The summed E-state index contributed by atoms with van der Waals surface area (Å²) < 4.78 is 0. The summed E-state index contributed by atoms with van der Waals surface area (Å²) in [7, 11) is 0. The Morgan fingerprint density at radius 2 is 1.85 bits per heavy atom. The van der Waals surface area contributed by atoms with E-state index < -0.39 is 0 Å². The summed E-state index contributed by atoms with van der Waals surface area (Å²) in [5.74, 6) is 0. The zero-order chi connectivity index (χ0) is 14.6. The summed E-state index contributed by atoms with van der Waals surface area (Å²) >= 11 is 0. The second-order valence-corrected chi connectivity index (χ2v) is 6.60. The standard InChI is InChI=1S/C19H31N/c1-5-14-20-18(19(6-2)12-7-8-13-19)17-11-9-10-15(3)16(17)4/h9-11,18,20H,5-8,12-14H2,1-4H3. The smallest absolute Gasteiger partial charge is 0.0379 e. The van der Waals surface area contributed by atoms with Gasteiger partial charge in [-0.3, -0.25) is 0 Å². The Labute approximate surface area is 125 Å². The van der Waals surface area contributed by atoms with Crippen LogP contribution in [0.25, 0.3) is 0 Å². The van der Waals surface area contributed by atoms with E-state index in [0.29, 0.717) is 11.5 Å². The lowest BCUT2D eigenvalue weighted by Crippen LogP contribution is -2.37. The van der Waals surface area contributed by atoms with Gasteiger partial charge in [0.05, 0.1) is 0 Å². The highest BCUT2D eigenvalue weighted by molar-refractivity contribution is 5.36. The van der Waals surface area contributed by atoms with Gasteiger partial charge in [0.15, 0.2) is 0 Å². The molecule has 0 radical (unpaired) electrons. The van der Waals surface area contributed by atoms with E-state index in [-0.39, 0.29) is 0 Å². The molecule has 1 nitrogen and oxygen atoms in total. The minimum atomic E-state index is 0.480. The molecule has 1 saturated carbocycles. The van der Waals surface area contributed by atoms with E-state index in [1.165, 1.54) is 49.7 Å². The molecule has 1 aliphatic carbocycles. The minimum Gasteiger partial charge on any atom is -0.309 e. The molecule has 0 aliphatic heterocycles. The van der Waals surface area contributed by atoms with E-state index in [4.69, 9.17) is 0 Å². The molecular formula is C19H31N. The largest absolute Gasteiger partial charge is 0.309 e. The second kappa shape index (κ2) is 6.76. The van der Waals surface area contributed by atoms with Crippen molar-refractivity contribution in [3.05, 3.63) is 34.9 Å². The van der Waals surface area contributed by atoms with Crippen LogP contribution in [0, 0.1) is 19.3 Å². The fourth-order valence-corrected chi connectivity index (χ4v) is 3.96. The van der Waals surface area contributed by atoms with E-state index in [1.54, 1.807) is 5.56 Å². The summed E-state index contributed by atoms with van der Waals surface area (Å²) in [6, 6.07) is 7.36. The van der Waals surface area contributed by atoms with Gasteiger partial charge in [-0.1, -0.05) is 44.9 Å². The van der Waals surface area contributed by atoms with Gasteiger partial charge in [0.25, 0.3) is 0 Å². The van der Waals surface area contributed by atoms with Gasteiger partial charge in [0.1, 0.15) is 0 Å². The predicted molar refractivity (Wildman–Crippen MR) is 88.1 cm³/mol. The molecule has 2 rings (SSSR count). The Kier molecular flexibility index (Phi) is 5.26. The molecule has 0 aromatic heterocycles. The Hall–Kier alpha value is -0.820. The van der Waals surface area contributed by atoms with Gasteiger partial charge >= 0.3 is 0 Å². The van der Waals surface area contributed by atoms with Crippen LogP contribution in [0.1, 0.15) is 75.1 Å². The van der Waals surface area contributed by atoms with Crippen LogP contribution in [0.5, 0.6) is 0 Å². The summed E-state index contributed by atoms with van der Waals surface area (Å²) in [6.45, 7) is 10.3. The van der Waals surface area contributed by atoms with Crippen LogP contribution in [-0.4, -0.2) is 6.54 Å². The number of rotatable bonds is 6. The zero-order valence-electron chi connectivity index (χ0n) is 13.8. The fourth-order valence-electron chi connectivity index (χ4n) is 3.96. The molecule has 1 aliphatic rings. The maximum absolute atomic E-state index is 3.89. The fraction of sp³-hybridized carbons (Fsp3) is 0.684. The number of nitrogens with one attached hydrogen (secondary N) is 1. The van der Waals surface area contributed by atoms with E-state index in [0.717, 1.165) is 6.54 Å². The molecule has 1 N–H and O–H groups in total. The van der Waals surface area contributed by atoms with E-state index in [1.807, 2.05) is 0 Å². The molecule has 1 aromatic rings. The molecule has 1 unspecified atom stereocenters. The van der Waals surface area contributed by atoms with Crippen molar-refractivity contribution in [3.8, 4) is 0 Å². The predicted octanol–water partition coefficient (Wildman–Crippen LogP) is 5.31. The van der Waals surface area contributed by atoms with Gasteiger partial charge in [0, 0.05) is 6.04 Å². The lowest BCUT2D eigenvalue weighted by atomic mass is 9.72. The highest BCUT2D eigenvalue weighted by atomic mass is 14.9. The number of hydrogen-bond donors (Lipinski definition) is 1. The first-order valence-electron chi connectivity index (χ1n) is 8.44. The maximum Gasteiger partial charge on any atom is 0.0379 e. The summed E-state index contributed by atoms with van der Waals surface area (Å²) in [5.41, 5.74) is 4.94. The van der Waals surface area contributed by atoms with Crippen LogP contribution in [0.2, 0.25) is 0 Å². The molecule has 0 spiro atoms. The first-order valence-corrected chi connectivity index (χ1v) is 8.44. The Morgan fingerprint density at radius 1 is 1.15 bits per heavy atom. The van der Waals surface area contributed by atoms with E-state index in [9.17, 15) is 0 Å². The average molecular weight is 273 g/mol. The monoisotopic (exact) mass is 273 g/mol. The van der Waals surface area contributed by atoms with Crippen molar-refractivity contribution in [3.63, 3.8) is 0 Å². The van der Waals surface area contributed by atoms with Crippen LogP contribution in [-0.2, 0) is 0 Å². The van der Waals surface area contributed by atoms with Crippen molar-refractivity contribution < 1.29 is 0 Å². The molecule has 1 heteroatoms. The van der Waals surface area contributed by atoms with Crippen LogP contribution < -0.4 is 5.32 Å². The van der Waals surface area contributed by atoms with Crippen molar-refractivity contribution >= 4 is 0 Å². The van der Waals surface area contributed by atoms with Crippen LogP contribution >= 0.6 is 0 Å². The minimum absolute atomic E-state index is 0.480. The zero-order valence-corrected chi connectivity index (χ0v) is 13.8. The number of benzene rings is 1. The molecule has 0 heterocycles. The highest BCUT2D eigenvalue weighted by Gasteiger charge is 2.40. The van der Waals surface area contributed by atoms with Crippen molar-refractivity contribution in [1.82, 2.24) is 5.32 Å². The normalized spacial score (nSPS) is 19.2. The molecule has 0 saturated heterocycles. The molecule has 112 valence electrons. The Bertz CT molecular complexity index is 429. The first-order chi connectivity index (χ1) is 9.64. The topological polar surface area (TPSA) is 12.0 Å². The quantitative estimate of drug-likeness (QED) is 0.740. The third kappa shape index (κ3) is 2.93. The Balaban J connectivity index is 2.38. The highest BCUT2D eigenvalue weighted by Crippen LogP contribution is 2.50. The molecule has 20 heavy (non-hydrogen) atoms. The third-order valence-electron chi connectivity index (χ3n) is 5.47. The maximum atomic E-state index is 3.89. The van der Waals surface area contributed by atoms with Crippen molar-refractivity contribution in [1.29, 1.82) is 0 Å². The molecule has 0 bridgehead atoms. The van der Waals surface area contributed by atoms with Crippen LogP contribution in [0.15, 0.2) is 18.2 Å². The molecule has 1 atom stereocenters. The van der Waals surface area contributed by atoms with Crippen LogP contribution in [0.3, 0.4) is 0 Å². The van der Waals surface area contributed by atoms with Gasteiger partial charge in [-0.2, -0.15) is 0 Å². The summed E-state index contributed by atoms with van der Waals surface area (Å²) in [4.78, 5) is 0. The van der Waals surface area contributed by atoms with Gasteiger partial charge in [-0.05, 0) is 68.2 Å². The second-order valence-electron chi connectivity index (χ2n) is 6.60. The summed E-state index contributed by atoms with van der Waals surface area (Å²) in [5, 5.41) is 3.89. The van der Waals surface area contributed by atoms with Crippen molar-refractivity contribution in [2.45, 2.75) is 72.3 Å². The van der Waals surface area contributed by atoms with E-state index in [2.05, 4.69) is 51.2 Å². The van der Waals surface area contributed by atoms with Gasteiger partial charge in [-0.15, -0.1) is 0 Å². The van der Waals surface area contributed by atoms with Crippen LogP contribution in [0.4, 0.5) is 0 Å². The summed E-state index contributed by atoms with van der Waals surface area (Å²) in [6.07, 6.45) is 8.09. The lowest BCUT2D eigenvalue weighted by Gasteiger charge is -2.39. The van der Waals surface area contributed by atoms with Gasteiger partial charge in [-0.25, -0.2) is 0 Å². The molecule has 1 fully saturated rings. The van der Waals surface area contributed by atoms with Crippen molar-refractivity contribution in [2.24, 2.45) is 5.41 Å². The van der Waals surface area contributed by atoms with Gasteiger partial charge < -0.3 is 5.32 Å². The molecular weight excluding hydrogens is 242 g/mol.